The van der Waals surface area contributed by atoms with Crippen LogP contribution >= 0.6 is 0 Å². The molecule has 0 radical (unpaired) electrons. The van der Waals surface area contributed by atoms with Gasteiger partial charge in [-0.3, -0.25) is 0 Å². The van der Waals surface area contributed by atoms with Crippen LogP contribution in [0.1, 0.15) is 5.89 Å². The van der Waals surface area contributed by atoms with Gasteiger partial charge in [-0.25, -0.2) is 9.37 Å². The van der Waals surface area contributed by atoms with Crippen molar-refractivity contribution < 1.29 is 8.81 Å². The predicted octanol–water partition coefficient (Wildman–Crippen LogP) is 3.55. The van der Waals surface area contributed by atoms with E-state index >= 15 is 0 Å². The minimum Gasteiger partial charge on any atom is -0.439 e. The zero-order valence-corrected chi connectivity index (χ0v) is 11.1. The lowest BCUT2D eigenvalue weighted by molar-refractivity contribution is 0.513. The van der Waals surface area contributed by atoms with Gasteiger partial charge < -0.3 is 14.7 Å². The second kappa shape index (κ2) is 4.34. The minimum atomic E-state index is -0.238. The van der Waals surface area contributed by atoms with Crippen molar-refractivity contribution >= 4 is 27.7 Å². The van der Waals surface area contributed by atoms with Crippen LogP contribution in [0.2, 0.25) is 0 Å². The van der Waals surface area contributed by atoms with Gasteiger partial charge in [0.1, 0.15) is 11.3 Å². The summed E-state index contributed by atoms with van der Waals surface area (Å²) < 4.78 is 20.9. The quantitative estimate of drug-likeness (QED) is 0.572. The number of fused-ring (bicyclic) bond motifs is 2. The smallest absolute Gasteiger partial charge is 0.215 e. The third-order valence-electron chi connectivity index (χ3n) is 3.50. The second-order valence-corrected chi connectivity index (χ2v) is 4.98. The zero-order chi connectivity index (χ0) is 14.4. The van der Waals surface area contributed by atoms with Crippen molar-refractivity contribution in [3.8, 4) is 0 Å². The molecule has 0 aliphatic heterocycles. The number of anilines is 1. The highest BCUT2D eigenvalue weighted by atomic mass is 19.1. The molecule has 2 N–H and O–H groups in total. The van der Waals surface area contributed by atoms with Crippen molar-refractivity contribution in [2.24, 2.45) is 0 Å². The lowest BCUT2D eigenvalue weighted by Gasteiger charge is -2.01. The Kier molecular flexibility index (Phi) is 2.47. The number of rotatable bonds is 2. The van der Waals surface area contributed by atoms with Crippen LogP contribution in [-0.4, -0.2) is 9.55 Å². The average molecular weight is 281 g/mol. The summed E-state index contributed by atoms with van der Waals surface area (Å²) in [5, 5.41) is 0.857. The molecule has 0 aliphatic rings. The fraction of sp³-hybridized carbons (Fsp3) is 0.0625. The van der Waals surface area contributed by atoms with Gasteiger partial charge in [-0.15, -0.1) is 0 Å². The Labute approximate surface area is 119 Å². The molecule has 4 nitrogen and oxygen atoms in total. The molecule has 2 heterocycles. The topological polar surface area (TPSA) is 57.0 Å². The molecule has 104 valence electrons. The number of benzene rings is 2. The van der Waals surface area contributed by atoms with Crippen LogP contribution in [0.4, 0.5) is 10.1 Å². The van der Waals surface area contributed by atoms with Gasteiger partial charge in [-0.1, -0.05) is 0 Å². The maximum Gasteiger partial charge on any atom is 0.215 e. The third-order valence-corrected chi connectivity index (χ3v) is 3.50. The molecule has 0 saturated carbocycles. The molecule has 0 saturated heterocycles. The molecule has 2 aromatic heterocycles. The first kappa shape index (κ1) is 12.0. The first-order valence-electron chi connectivity index (χ1n) is 6.58. The fourth-order valence-corrected chi connectivity index (χ4v) is 2.51. The van der Waals surface area contributed by atoms with Crippen molar-refractivity contribution in [2.45, 2.75) is 6.54 Å². The number of nitrogens with two attached hydrogens (primary N) is 1. The van der Waals surface area contributed by atoms with E-state index in [9.17, 15) is 4.39 Å². The van der Waals surface area contributed by atoms with Crippen molar-refractivity contribution in [3.63, 3.8) is 0 Å². The normalized spacial score (nSPS) is 11.5. The molecule has 0 spiro atoms. The van der Waals surface area contributed by atoms with Crippen LogP contribution in [0.15, 0.2) is 53.1 Å². The van der Waals surface area contributed by atoms with E-state index in [0.717, 1.165) is 16.4 Å². The number of aromatic nitrogens is 2. The molecule has 4 aromatic rings. The van der Waals surface area contributed by atoms with Gasteiger partial charge in [-0.2, -0.15) is 0 Å². The van der Waals surface area contributed by atoms with Gasteiger partial charge in [0, 0.05) is 28.9 Å². The van der Waals surface area contributed by atoms with Gasteiger partial charge in [0.25, 0.3) is 0 Å². The molecule has 4 rings (SSSR count). The Hall–Kier alpha value is -2.82. The molecular formula is C16H12FN3O. The second-order valence-electron chi connectivity index (χ2n) is 4.98. The van der Waals surface area contributed by atoms with Gasteiger partial charge in [-0.05, 0) is 36.4 Å². The van der Waals surface area contributed by atoms with E-state index in [4.69, 9.17) is 10.2 Å². The molecule has 0 aliphatic carbocycles. The highest BCUT2D eigenvalue weighted by Crippen LogP contribution is 2.21. The Morgan fingerprint density at radius 1 is 1.14 bits per heavy atom. The van der Waals surface area contributed by atoms with Crippen LogP contribution in [0.5, 0.6) is 0 Å². The van der Waals surface area contributed by atoms with Crippen molar-refractivity contribution in [2.75, 3.05) is 5.73 Å². The lowest BCUT2D eigenvalue weighted by Crippen LogP contribution is -1.97. The summed E-state index contributed by atoms with van der Waals surface area (Å²) in [7, 11) is 0. The highest BCUT2D eigenvalue weighted by Gasteiger charge is 2.09. The summed E-state index contributed by atoms with van der Waals surface area (Å²) in [6, 6.07) is 12.0. The molecule has 21 heavy (non-hydrogen) atoms. The first-order valence-corrected chi connectivity index (χ1v) is 6.58. The van der Waals surface area contributed by atoms with Crippen molar-refractivity contribution in [3.05, 3.63) is 60.4 Å². The SMILES string of the molecule is Nc1ccc2nc(Cn3ccc4cc(F)ccc43)oc2c1. The average Bonchev–Trinajstić information content (AvgIpc) is 3.02. The molecule has 2 aromatic carbocycles. The van der Waals surface area contributed by atoms with Gasteiger partial charge >= 0.3 is 0 Å². The van der Waals surface area contributed by atoms with E-state index in [1.807, 2.05) is 22.9 Å². The summed E-state index contributed by atoms with van der Waals surface area (Å²) in [5.41, 5.74) is 8.77. The lowest BCUT2D eigenvalue weighted by atomic mass is 10.2. The Morgan fingerprint density at radius 2 is 2.05 bits per heavy atom. The molecule has 0 unspecified atom stereocenters. The number of halogens is 1. The van der Waals surface area contributed by atoms with E-state index in [0.29, 0.717) is 23.7 Å². The van der Waals surface area contributed by atoms with E-state index in [-0.39, 0.29) is 5.82 Å². The summed E-state index contributed by atoms with van der Waals surface area (Å²) in [6.45, 7) is 0.490. The fourth-order valence-electron chi connectivity index (χ4n) is 2.51. The van der Waals surface area contributed by atoms with E-state index in [1.54, 1.807) is 18.2 Å². The van der Waals surface area contributed by atoms with Crippen molar-refractivity contribution in [1.82, 2.24) is 9.55 Å². The van der Waals surface area contributed by atoms with Crippen molar-refractivity contribution in [1.29, 1.82) is 0 Å². The third kappa shape index (κ3) is 2.03. The number of nitrogens with zero attached hydrogens (tertiary/aromatic N) is 2. The monoisotopic (exact) mass is 281 g/mol. The van der Waals surface area contributed by atoms with Crippen LogP contribution in [0, 0.1) is 5.82 Å². The Bertz CT molecular complexity index is 955. The van der Waals surface area contributed by atoms with E-state index in [1.165, 1.54) is 12.1 Å². The summed E-state index contributed by atoms with van der Waals surface area (Å²) in [6.07, 6.45) is 1.90. The summed E-state index contributed by atoms with van der Waals surface area (Å²) >= 11 is 0. The maximum atomic E-state index is 13.2. The molecule has 5 heteroatoms. The zero-order valence-electron chi connectivity index (χ0n) is 11.1. The largest absolute Gasteiger partial charge is 0.439 e. The van der Waals surface area contributed by atoms with Crippen LogP contribution in [0.25, 0.3) is 22.0 Å². The maximum absolute atomic E-state index is 13.2. The standard InChI is InChI=1S/C16H12FN3O/c17-11-1-4-14-10(7-11)5-6-20(14)9-16-19-13-3-2-12(18)8-15(13)21-16/h1-8H,9,18H2. The number of nitrogen functional groups attached to an aromatic ring is 1. The molecule has 0 fully saturated rings. The summed E-state index contributed by atoms with van der Waals surface area (Å²) in [5.74, 6) is 0.356. The van der Waals surface area contributed by atoms with E-state index in [2.05, 4.69) is 4.98 Å². The van der Waals surface area contributed by atoms with Gasteiger partial charge in [0.2, 0.25) is 5.89 Å². The molecule has 0 bridgehead atoms. The molecule has 0 amide bonds. The number of hydrogen-bond acceptors (Lipinski definition) is 3. The number of oxazole rings is 1. The molecule has 0 atom stereocenters. The van der Waals surface area contributed by atoms with Gasteiger partial charge in [0.15, 0.2) is 5.58 Å². The number of hydrogen-bond donors (Lipinski definition) is 1. The van der Waals surface area contributed by atoms with Crippen LogP contribution in [-0.2, 0) is 6.54 Å². The Balaban J connectivity index is 1.75. The first-order chi connectivity index (χ1) is 10.2. The molecular weight excluding hydrogens is 269 g/mol. The van der Waals surface area contributed by atoms with Crippen LogP contribution in [0.3, 0.4) is 0 Å². The summed E-state index contributed by atoms with van der Waals surface area (Å²) in [4.78, 5) is 4.44. The Morgan fingerprint density at radius 3 is 2.95 bits per heavy atom. The minimum absolute atomic E-state index is 0.238. The van der Waals surface area contributed by atoms with E-state index < -0.39 is 0 Å². The van der Waals surface area contributed by atoms with Crippen LogP contribution < -0.4 is 5.73 Å². The predicted molar refractivity (Wildman–Crippen MR) is 79.4 cm³/mol. The highest BCUT2D eigenvalue weighted by molar-refractivity contribution is 5.80. The van der Waals surface area contributed by atoms with Gasteiger partial charge in [0.05, 0.1) is 6.54 Å².